The fourth-order valence-corrected chi connectivity index (χ4v) is 3.72. The first kappa shape index (κ1) is 14.7. The van der Waals surface area contributed by atoms with Gasteiger partial charge in [0.2, 0.25) is 5.91 Å². The second kappa shape index (κ2) is 5.50. The van der Waals surface area contributed by atoms with Crippen LogP contribution in [0.25, 0.3) is 0 Å². The van der Waals surface area contributed by atoms with E-state index in [-0.39, 0.29) is 17.2 Å². The zero-order valence-electron chi connectivity index (χ0n) is 12.6. The number of carbonyl (C=O) groups is 1. The number of piperidine rings is 1. The van der Waals surface area contributed by atoms with Crippen LogP contribution in [-0.4, -0.2) is 33.1 Å². The minimum Gasteiger partial charge on any atom is -0.376 e. The minimum atomic E-state index is 0.144. The molecule has 4 nitrogen and oxygen atoms in total. The van der Waals surface area contributed by atoms with E-state index in [0.29, 0.717) is 5.02 Å². The Morgan fingerprint density at radius 2 is 2.10 bits per heavy atom. The van der Waals surface area contributed by atoms with Gasteiger partial charge in [-0.15, -0.1) is 0 Å². The number of nitrogens with zero attached hydrogens (tertiary/aromatic N) is 1. The molecule has 2 aliphatic rings. The molecule has 1 aromatic rings. The summed E-state index contributed by atoms with van der Waals surface area (Å²) in [4.78, 5) is 14.4. The minimum absolute atomic E-state index is 0.144. The van der Waals surface area contributed by atoms with Crippen LogP contribution in [-0.2, 0) is 4.79 Å². The van der Waals surface area contributed by atoms with Crippen LogP contribution < -0.4 is 15.5 Å². The summed E-state index contributed by atoms with van der Waals surface area (Å²) in [5.41, 5.74) is 2.00. The Morgan fingerprint density at radius 3 is 2.71 bits per heavy atom. The molecule has 1 atom stereocenters. The van der Waals surface area contributed by atoms with Crippen molar-refractivity contribution in [1.82, 2.24) is 5.32 Å². The van der Waals surface area contributed by atoms with Crippen LogP contribution in [0.5, 0.6) is 0 Å². The highest BCUT2D eigenvalue weighted by atomic mass is 35.5. The molecule has 1 aromatic carbocycles. The summed E-state index contributed by atoms with van der Waals surface area (Å²) >= 11 is 6.24. The zero-order chi connectivity index (χ0) is 15.0. The van der Waals surface area contributed by atoms with Gasteiger partial charge in [0.1, 0.15) is 0 Å². The van der Waals surface area contributed by atoms with Crippen molar-refractivity contribution < 1.29 is 4.79 Å². The molecule has 0 radical (unpaired) electrons. The number of amides is 1. The summed E-state index contributed by atoms with van der Waals surface area (Å²) in [7, 11) is 3.90. The van der Waals surface area contributed by atoms with E-state index < -0.39 is 0 Å². The van der Waals surface area contributed by atoms with E-state index in [4.69, 9.17) is 11.6 Å². The lowest BCUT2D eigenvalue weighted by atomic mass is 9.92. The lowest BCUT2D eigenvalue weighted by Crippen LogP contribution is -2.31. The molecule has 1 saturated carbocycles. The van der Waals surface area contributed by atoms with Gasteiger partial charge in [-0.25, -0.2) is 0 Å². The smallest absolute Gasteiger partial charge is 0.228 e. The Kier molecular flexibility index (Phi) is 3.84. The Bertz CT molecular complexity index is 552. The van der Waals surface area contributed by atoms with E-state index >= 15 is 0 Å². The molecule has 3 rings (SSSR count). The largest absolute Gasteiger partial charge is 0.376 e. The third-order valence-corrected chi connectivity index (χ3v) is 5.11. The van der Waals surface area contributed by atoms with Gasteiger partial charge in [-0.3, -0.25) is 4.79 Å². The van der Waals surface area contributed by atoms with Crippen molar-refractivity contribution in [3.63, 3.8) is 0 Å². The summed E-state index contributed by atoms with van der Waals surface area (Å²) in [6.45, 7) is 2.07. The number of halogens is 1. The van der Waals surface area contributed by atoms with Gasteiger partial charge < -0.3 is 15.5 Å². The Morgan fingerprint density at radius 1 is 1.38 bits per heavy atom. The zero-order valence-corrected chi connectivity index (χ0v) is 13.3. The van der Waals surface area contributed by atoms with Crippen molar-refractivity contribution in [2.24, 2.45) is 11.3 Å². The fourth-order valence-electron chi connectivity index (χ4n) is 3.37. The number of anilines is 2. The predicted molar refractivity (Wildman–Crippen MR) is 87.1 cm³/mol. The number of nitrogens with one attached hydrogen (secondary N) is 2. The van der Waals surface area contributed by atoms with Crippen molar-refractivity contribution >= 4 is 28.9 Å². The SMILES string of the molecule is CN(C)c1ccc(NC(=O)C2CC23CCNCC3)cc1Cl. The number of rotatable bonds is 3. The van der Waals surface area contributed by atoms with Crippen LogP contribution in [0.15, 0.2) is 18.2 Å². The van der Waals surface area contributed by atoms with Crippen LogP contribution in [0.2, 0.25) is 5.02 Å². The number of hydrogen-bond donors (Lipinski definition) is 2. The summed E-state index contributed by atoms with van der Waals surface area (Å²) in [5, 5.41) is 7.04. The fraction of sp³-hybridized carbons (Fsp3) is 0.562. The molecule has 21 heavy (non-hydrogen) atoms. The highest BCUT2D eigenvalue weighted by Crippen LogP contribution is 2.58. The Hall–Kier alpha value is -1.26. The lowest BCUT2D eigenvalue weighted by Gasteiger charge is -2.23. The molecule has 1 unspecified atom stereocenters. The van der Waals surface area contributed by atoms with Gasteiger partial charge >= 0.3 is 0 Å². The van der Waals surface area contributed by atoms with Gasteiger partial charge in [-0.05, 0) is 56.0 Å². The molecule has 2 fully saturated rings. The van der Waals surface area contributed by atoms with Crippen molar-refractivity contribution in [3.8, 4) is 0 Å². The van der Waals surface area contributed by atoms with Crippen LogP contribution >= 0.6 is 11.6 Å². The predicted octanol–water partition coefficient (Wildman–Crippen LogP) is 2.73. The van der Waals surface area contributed by atoms with Crippen molar-refractivity contribution in [2.45, 2.75) is 19.3 Å². The molecule has 0 bridgehead atoms. The van der Waals surface area contributed by atoms with E-state index in [1.807, 2.05) is 37.2 Å². The summed E-state index contributed by atoms with van der Waals surface area (Å²) in [6, 6.07) is 5.67. The molecule has 1 heterocycles. The van der Waals surface area contributed by atoms with Crippen molar-refractivity contribution in [2.75, 3.05) is 37.4 Å². The highest BCUT2D eigenvalue weighted by Gasteiger charge is 2.57. The normalized spacial score (nSPS) is 22.9. The molecule has 0 aromatic heterocycles. The quantitative estimate of drug-likeness (QED) is 0.902. The summed E-state index contributed by atoms with van der Waals surface area (Å²) in [6.07, 6.45) is 3.26. The molecule has 1 aliphatic carbocycles. The molecule has 1 saturated heterocycles. The number of benzene rings is 1. The Balaban J connectivity index is 1.65. The van der Waals surface area contributed by atoms with Gasteiger partial charge in [-0.2, -0.15) is 0 Å². The Labute approximate surface area is 130 Å². The first-order chi connectivity index (χ1) is 10.0. The van der Waals surface area contributed by atoms with Gasteiger partial charge in [-0.1, -0.05) is 11.6 Å². The third kappa shape index (κ3) is 2.87. The van der Waals surface area contributed by atoms with E-state index in [1.165, 1.54) is 0 Å². The first-order valence-corrected chi connectivity index (χ1v) is 7.88. The summed E-state index contributed by atoms with van der Waals surface area (Å²) in [5.74, 6) is 0.317. The van der Waals surface area contributed by atoms with E-state index in [2.05, 4.69) is 10.6 Å². The van der Waals surface area contributed by atoms with E-state index in [1.54, 1.807) is 0 Å². The first-order valence-electron chi connectivity index (χ1n) is 7.50. The highest BCUT2D eigenvalue weighted by molar-refractivity contribution is 6.33. The second-order valence-corrected chi connectivity index (χ2v) is 6.83. The average Bonchev–Trinajstić information content (AvgIpc) is 3.13. The van der Waals surface area contributed by atoms with Gasteiger partial charge in [0, 0.05) is 25.7 Å². The van der Waals surface area contributed by atoms with Crippen molar-refractivity contribution in [1.29, 1.82) is 0 Å². The number of carbonyl (C=O) groups excluding carboxylic acids is 1. The van der Waals surface area contributed by atoms with E-state index in [9.17, 15) is 4.79 Å². The number of hydrogen-bond acceptors (Lipinski definition) is 3. The van der Waals surface area contributed by atoms with Gasteiger partial charge in [0.15, 0.2) is 0 Å². The van der Waals surface area contributed by atoms with Gasteiger partial charge in [0.25, 0.3) is 0 Å². The molecular weight excluding hydrogens is 286 g/mol. The molecule has 114 valence electrons. The summed E-state index contributed by atoms with van der Waals surface area (Å²) < 4.78 is 0. The van der Waals surface area contributed by atoms with Gasteiger partial charge in [0.05, 0.1) is 10.7 Å². The average molecular weight is 308 g/mol. The maximum Gasteiger partial charge on any atom is 0.228 e. The van der Waals surface area contributed by atoms with Crippen molar-refractivity contribution in [3.05, 3.63) is 23.2 Å². The lowest BCUT2D eigenvalue weighted by molar-refractivity contribution is -0.118. The maximum absolute atomic E-state index is 12.4. The van der Waals surface area contributed by atoms with Crippen LogP contribution in [0.3, 0.4) is 0 Å². The molecule has 1 amide bonds. The topological polar surface area (TPSA) is 44.4 Å². The maximum atomic E-state index is 12.4. The standard InChI is InChI=1S/C16H22ClN3O/c1-20(2)14-4-3-11(9-13(14)17)19-15(21)12-10-16(12)5-7-18-8-6-16/h3-4,9,12,18H,5-8,10H2,1-2H3,(H,19,21). The monoisotopic (exact) mass is 307 g/mol. The third-order valence-electron chi connectivity index (χ3n) is 4.80. The van der Waals surface area contributed by atoms with Crippen LogP contribution in [0, 0.1) is 11.3 Å². The van der Waals surface area contributed by atoms with Crippen LogP contribution in [0.4, 0.5) is 11.4 Å². The second-order valence-electron chi connectivity index (χ2n) is 6.42. The van der Waals surface area contributed by atoms with E-state index in [0.717, 1.165) is 43.7 Å². The van der Waals surface area contributed by atoms with Crippen LogP contribution in [0.1, 0.15) is 19.3 Å². The molecular formula is C16H22ClN3O. The molecule has 2 N–H and O–H groups in total. The molecule has 5 heteroatoms. The molecule has 1 spiro atoms. The molecule has 1 aliphatic heterocycles.